The van der Waals surface area contributed by atoms with E-state index in [1.54, 1.807) is 0 Å². The summed E-state index contributed by atoms with van der Waals surface area (Å²) in [7, 11) is 0. The van der Waals surface area contributed by atoms with E-state index in [0.29, 0.717) is 25.2 Å². The highest BCUT2D eigenvalue weighted by atomic mass is 16.4. The highest BCUT2D eigenvalue weighted by molar-refractivity contribution is 5.87. The molecule has 0 saturated carbocycles. The average molecular weight is 278 g/mol. The molecule has 1 aliphatic rings. The van der Waals surface area contributed by atoms with Gasteiger partial charge in [0.05, 0.1) is 5.69 Å². The van der Waals surface area contributed by atoms with E-state index in [-0.39, 0.29) is 5.69 Å². The van der Waals surface area contributed by atoms with Crippen LogP contribution in [-0.4, -0.2) is 52.1 Å². The van der Waals surface area contributed by atoms with Crippen LogP contribution in [0.2, 0.25) is 0 Å². The molecule has 0 spiro atoms. The van der Waals surface area contributed by atoms with Crippen molar-refractivity contribution in [2.75, 3.05) is 26.2 Å². The zero-order valence-corrected chi connectivity index (χ0v) is 12.1. The Kier molecular flexibility index (Phi) is 5.03. The van der Waals surface area contributed by atoms with E-state index < -0.39 is 5.97 Å². The summed E-state index contributed by atoms with van der Waals surface area (Å²) in [5, 5.41) is 12.5. The molecule has 0 saturated heterocycles. The number of fused-ring (bicyclic) bond motifs is 1. The van der Waals surface area contributed by atoms with E-state index in [4.69, 9.17) is 0 Å². The lowest BCUT2D eigenvalue weighted by Gasteiger charge is -2.20. The Labute approximate surface area is 119 Å². The van der Waals surface area contributed by atoms with E-state index in [0.717, 1.165) is 37.4 Å². The molecule has 6 heteroatoms. The summed E-state index contributed by atoms with van der Waals surface area (Å²) in [5.74, 6) is -0.314. The Bertz CT molecular complexity index is 486. The summed E-state index contributed by atoms with van der Waals surface area (Å²) < 4.78 is 0. The molecule has 0 amide bonds. The Hall–Kier alpha value is -1.53. The number of carboxylic acids is 1. The predicted octanol–water partition coefficient (Wildman–Crippen LogP) is 0.705. The molecule has 1 aliphatic heterocycles. The van der Waals surface area contributed by atoms with Crippen LogP contribution in [0.1, 0.15) is 41.4 Å². The number of likely N-dealkylation sites (N-methyl/N-ethyl adjacent to an activating group) is 1. The van der Waals surface area contributed by atoms with Gasteiger partial charge < -0.3 is 15.3 Å². The monoisotopic (exact) mass is 278 g/mol. The van der Waals surface area contributed by atoms with Gasteiger partial charge in [-0.2, -0.15) is 0 Å². The number of hydrogen-bond donors (Lipinski definition) is 2. The van der Waals surface area contributed by atoms with E-state index >= 15 is 0 Å². The van der Waals surface area contributed by atoms with Crippen LogP contribution < -0.4 is 5.32 Å². The van der Waals surface area contributed by atoms with Crippen molar-refractivity contribution in [1.29, 1.82) is 0 Å². The molecule has 20 heavy (non-hydrogen) atoms. The molecule has 6 nitrogen and oxygen atoms in total. The minimum atomic E-state index is -0.949. The number of aromatic nitrogens is 2. The maximum atomic E-state index is 11.4. The highest BCUT2D eigenvalue weighted by Crippen LogP contribution is 2.16. The first kappa shape index (κ1) is 14.9. The molecule has 0 aromatic carbocycles. The van der Waals surface area contributed by atoms with Gasteiger partial charge in [-0.05, 0) is 26.1 Å². The quantitative estimate of drug-likeness (QED) is 0.798. The Balaban J connectivity index is 2.21. The molecule has 0 fully saturated rings. The highest BCUT2D eigenvalue weighted by Gasteiger charge is 2.21. The molecule has 2 N–H and O–H groups in total. The Morgan fingerprint density at radius 3 is 2.75 bits per heavy atom. The maximum absolute atomic E-state index is 11.4. The van der Waals surface area contributed by atoms with Crippen molar-refractivity contribution < 1.29 is 9.90 Å². The number of rotatable bonds is 6. The van der Waals surface area contributed by atoms with Gasteiger partial charge in [-0.25, -0.2) is 14.8 Å². The third kappa shape index (κ3) is 3.32. The molecule has 1 aromatic heterocycles. The SMILES string of the molecule is CCN(CC)CCc1nc2c(c(C(=O)O)n1)CCNC2. The number of aromatic carboxylic acids is 1. The van der Waals surface area contributed by atoms with E-state index in [1.807, 2.05) is 0 Å². The van der Waals surface area contributed by atoms with Crippen molar-refractivity contribution in [2.45, 2.75) is 33.2 Å². The molecule has 0 aliphatic carbocycles. The van der Waals surface area contributed by atoms with Gasteiger partial charge in [0.25, 0.3) is 0 Å². The second kappa shape index (κ2) is 6.76. The van der Waals surface area contributed by atoms with Crippen LogP contribution in [0.4, 0.5) is 0 Å². The summed E-state index contributed by atoms with van der Waals surface area (Å²) in [6.07, 6.45) is 1.38. The zero-order valence-electron chi connectivity index (χ0n) is 12.1. The molecular weight excluding hydrogens is 256 g/mol. The van der Waals surface area contributed by atoms with Crippen LogP contribution in [0.25, 0.3) is 0 Å². The van der Waals surface area contributed by atoms with Crippen molar-refractivity contribution in [3.05, 3.63) is 22.8 Å². The van der Waals surface area contributed by atoms with Crippen molar-refractivity contribution >= 4 is 5.97 Å². The lowest BCUT2D eigenvalue weighted by Crippen LogP contribution is -2.30. The first-order chi connectivity index (χ1) is 9.65. The molecule has 0 bridgehead atoms. The topological polar surface area (TPSA) is 78.4 Å². The summed E-state index contributed by atoms with van der Waals surface area (Å²) in [6.45, 7) is 8.47. The fourth-order valence-electron chi connectivity index (χ4n) is 2.50. The van der Waals surface area contributed by atoms with Gasteiger partial charge in [-0.15, -0.1) is 0 Å². The fraction of sp³-hybridized carbons (Fsp3) is 0.643. The minimum absolute atomic E-state index is 0.186. The molecule has 0 unspecified atom stereocenters. The molecule has 110 valence electrons. The van der Waals surface area contributed by atoms with Crippen LogP contribution in [0.15, 0.2) is 0 Å². The first-order valence-corrected chi connectivity index (χ1v) is 7.20. The standard InChI is InChI=1S/C14H22N4O2/c1-3-18(4-2)8-6-12-16-11-9-15-7-5-10(11)13(17-12)14(19)20/h15H,3-9H2,1-2H3,(H,19,20). The van der Waals surface area contributed by atoms with E-state index in [1.165, 1.54) is 0 Å². The van der Waals surface area contributed by atoms with Gasteiger partial charge in [0, 0.05) is 25.1 Å². The third-order valence-electron chi connectivity index (χ3n) is 3.73. The van der Waals surface area contributed by atoms with Gasteiger partial charge in [0.1, 0.15) is 5.82 Å². The van der Waals surface area contributed by atoms with Crippen LogP contribution in [0.3, 0.4) is 0 Å². The van der Waals surface area contributed by atoms with Crippen molar-refractivity contribution in [2.24, 2.45) is 0 Å². The van der Waals surface area contributed by atoms with Crippen LogP contribution >= 0.6 is 0 Å². The summed E-state index contributed by atoms with van der Waals surface area (Å²) in [4.78, 5) is 22.4. The average Bonchev–Trinajstić information content (AvgIpc) is 2.47. The summed E-state index contributed by atoms with van der Waals surface area (Å²) >= 11 is 0. The fourth-order valence-corrected chi connectivity index (χ4v) is 2.50. The molecule has 0 radical (unpaired) electrons. The van der Waals surface area contributed by atoms with E-state index in [9.17, 15) is 9.90 Å². The maximum Gasteiger partial charge on any atom is 0.354 e. The van der Waals surface area contributed by atoms with Gasteiger partial charge in [-0.3, -0.25) is 0 Å². The number of carbonyl (C=O) groups is 1. The van der Waals surface area contributed by atoms with Gasteiger partial charge in [0.2, 0.25) is 0 Å². The predicted molar refractivity (Wildman–Crippen MR) is 75.9 cm³/mol. The number of nitrogens with zero attached hydrogens (tertiary/aromatic N) is 3. The van der Waals surface area contributed by atoms with Crippen molar-refractivity contribution in [3.63, 3.8) is 0 Å². The third-order valence-corrected chi connectivity index (χ3v) is 3.73. The van der Waals surface area contributed by atoms with Crippen LogP contribution in [0.5, 0.6) is 0 Å². The minimum Gasteiger partial charge on any atom is -0.477 e. The molecule has 1 aromatic rings. The number of carboxylic acid groups (broad SMARTS) is 1. The first-order valence-electron chi connectivity index (χ1n) is 7.20. The second-order valence-corrected chi connectivity index (χ2v) is 4.92. The zero-order chi connectivity index (χ0) is 14.5. The second-order valence-electron chi connectivity index (χ2n) is 4.92. The largest absolute Gasteiger partial charge is 0.477 e. The molecular formula is C14H22N4O2. The lowest BCUT2D eigenvalue weighted by atomic mass is 10.0. The molecule has 2 rings (SSSR count). The molecule has 0 atom stereocenters. The van der Waals surface area contributed by atoms with Crippen molar-refractivity contribution in [3.8, 4) is 0 Å². The van der Waals surface area contributed by atoms with Crippen LogP contribution in [-0.2, 0) is 19.4 Å². The summed E-state index contributed by atoms with van der Waals surface area (Å²) in [5.41, 5.74) is 1.83. The summed E-state index contributed by atoms with van der Waals surface area (Å²) in [6, 6.07) is 0. The Morgan fingerprint density at radius 1 is 1.35 bits per heavy atom. The normalized spacial score (nSPS) is 14.3. The molecule has 2 heterocycles. The van der Waals surface area contributed by atoms with Crippen LogP contribution in [0, 0.1) is 0 Å². The van der Waals surface area contributed by atoms with Gasteiger partial charge >= 0.3 is 5.97 Å². The van der Waals surface area contributed by atoms with Gasteiger partial charge in [0.15, 0.2) is 5.69 Å². The van der Waals surface area contributed by atoms with Gasteiger partial charge in [-0.1, -0.05) is 13.8 Å². The number of hydrogen-bond acceptors (Lipinski definition) is 5. The van der Waals surface area contributed by atoms with Crippen molar-refractivity contribution in [1.82, 2.24) is 20.2 Å². The smallest absolute Gasteiger partial charge is 0.354 e. The van der Waals surface area contributed by atoms with E-state index in [2.05, 4.69) is 34.0 Å². The lowest BCUT2D eigenvalue weighted by molar-refractivity contribution is 0.0688. The number of nitrogens with one attached hydrogen (secondary N) is 1. The Morgan fingerprint density at radius 2 is 2.10 bits per heavy atom.